The average molecular weight is 464 g/mol. The molecule has 10 heteroatoms. The number of amides is 1. The van der Waals surface area contributed by atoms with Gasteiger partial charge in [-0.05, 0) is 24.6 Å². The summed E-state index contributed by atoms with van der Waals surface area (Å²) in [5, 5.41) is 0.0705. The summed E-state index contributed by atoms with van der Waals surface area (Å²) in [6.07, 6.45) is -0.0755. The quantitative estimate of drug-likeness (QED) is 0.387. The molecule has 0 atom stereocenters. The summed E-state index contributed by atoms with van der Waals surface area (Å²) in [4.78, 5) is 26.5. The van der Waals surface area contributed by atoms with Crippen molar-refractivity contribution < 1.29 is 36.7 Å². The van der Waals surface area contributed by atoms with Crippen LogP contribution < -0.4 is 5.73 Å². The van der Waals surface area contributed by atoms with Gasteiger partial charge >= 0.3 is 0 Å². The van der Waals surface area contributed by atoms with Crippen LogP contribution in [-0.2, 0) is 22.4 Å². The number of hydrogen-bond acceptors (Lipinski definition) is 7. The van der Waals surface area contributed by atoms with E-state index in [0.717, 1.165) is 6.07 Å². The summed E-state index contributed by atoms with van der Waals surface area (Å²) in [6, 6.07) is 4.99. The highest BCUT2D eigenvalue weighted by atomic mass is 19.1. The van der Waals surface area contributed by atoms with Crippen molar-refractivity contribution in [2.75, 3.05) is 40.5 Å². The zero-order valence-electron chi connectivity index (χ0n) is 18.5. The summed E-state index contributed by atoms with van der Waals surface area (Å²) in [6.45, 7) is 2.88. The maximum absolute atomic E-state index is 14.0. The van der Waals surface area contributed by atoms with Crippen LogP contribution >= 0.6 is 0 Å². The van der Waals surface area contributed by atoms with Gasteiger partial charge in [0.25, 0.3) is 5.91 Å². The van der Waals surface area contributed by atoms with Crippen molar-refractivity contribution in [3.63, 3.8) is 0 Å². The fourth-order valence-electron chi connectivity index (χ4n) is 3.53. The van der Waals surface area contributed by atoms with Gasteiger partial charge in [0.2, 0.25) is 0 Å². The maximum Gasteiger partial charge on any atom is 0.284 e. The van der Waals surface area contributed by atoms with Gasteiger partial charge in [-0.1, -0.05) is 0 Å². The topological polar surface area (TPSA) is 108 Å². The van der Waals surface area contributed by atoms with Crippen LogP contribution in [0.15, 0.2) is 33.1 Å². The van der Waals surface area contributed by atoms with E-state index in [-0.39, 0.29) is 46.7 Å². The van der Waals surface area contributed by atoms with E-state index in [4.69, 9.17) is 24.0 Å². The smallest absolute Gasteiger partial charge is 0.284 e. The average Bonchev–Trinajstić information content (AvgIpc) is 3.39. The zero-order chi connectivity index (χ0) is 24.0. The van der Waals surface area contributed by atoms with Crippen LogP contribution in [0, 0.1) is 11.6 Å². The molecule has 0 saturated carbocycles. The molecule has 0 fully saturated rings. The molecule has 3 aromatic rings. The Morgan fingerprint density at radius 3 is 2.39 bits per heavy atom. The van der Waals surface area contributed by atoms with Crippen molar-refractivity contribution >= 4 is 22.7 Å². The second-order valence-electron chi connectivity index (χ2n) is 7.49. The minimum absolute atomic E-state index is 0.00314. The number of aryl methyl sites for hydroxylation is 1. The van der Waals surface area contributed by atoms with Crippen LogP contribution in [0.4, 0.5) is 8.78 Å². The van der Waals surface area contributed by atoms with Crippen LogP contribution in [0.1, 0.15) is 38.9 Å². The van der Waals surface area contributed by atoms with E-state index in [1.807, 2.05) is 0 Å². The molecule has 0 spiro atoms. The Morgan fingerprint density at radius 2 is 1.76 bits per heavy atom. The van der Waals surface area contributed by atoms with Crippen molar-refractivity contribution in [3.8, 4) is 0 Å². The molecule has 0 aliphatic rings. The van der Waals surface area contributed by atoms with Gasteiger partial charge in [-0.15, -0.1) is 0 Å². The van der Waals surface area contributed by atoms with Gasteiger partial charge in [0, 0.05) is 50.7 Å². The number of nitrogens with two attached hydrogens (primary N) is 1. The highest BCUT2D eigenvalue weighted by molar-refractivity contribution is 5.99. The molecule has 0 unspecified atom stereocenters. The van der Waals surface area contributed by atoms with Gasteiger partial charge in [-0.3, -0.25) is 14.5 Å². The highest BCUT2D eigenvalue weighted by Gasteiger charge is 2.23. The molecule has 3 rings (SSSR count). The standard InChI is InChI=1S/C23H26F2N2O6/c1-30-9-7-27(8-10-31-2)13-15-3-6-20(32-15)19(28)5-4-16-17-11-14(24)12-18(25)21(17)33-22(16)23(26)29/h3,6,11-12H,4-5,7-10,13H2,1-2H3,(H2,26,29). The number of halogens is 2. The number of Topliss-reactive ketones (excluding diaryl/α,β-unsaturated/α-hetero) is 1. The first kappa shape index (κ1) is 24.6. The van der Waals surface area contributed by atoms with Crippen LogP contribution in [0.5, 0.6) is 0 Å². The van der Waals surface area contributed by atoms with Crippen LogP contribution in [-0.4, -0.2) is 57.1 Å². The molecule has 178 valence electrons. The molecular formula is C23H26F2N2O6. The summed E-state index contributed by atoms with van der Waals surface area (Å²) in [7, 11) is 3.24. The van der Waals surface area contributed by atoms with E-state index in [2.05, 4.69) is 4.90 Å². The summed E-state index contributed by atoms with van der Waals surface area (Å²) in [5.41, 5.74) is 5.23. The highest BCUT2D eigenvalue weighted by Crippen LogP contribution is 2.30. The number of hydrogen-bond donors (Lipinski definition) is 1. The number of benzene rings is 1. The molecule has 2 aromatic heterocycles. The third kappa shape index (κ3) is 6.04. The summed E-state index contributed by atoms with van der Waals surface area (Å²) < 4.78 is 48.9. The zero-order valence-corrected chi connectivity index (χ0v) is 18.5. The maximum atomic E-state index is 14.0. The number of nitrogens with zero attached hydrogens (tertiary/aromatic N) is 1. The Hall–Kier alpha value is -3.08. The molecule has 0 aliphatic heterocycles. The molecule has 0 radical (unpaired) electrons. The Kier molecular flexibility index (Phi) is 8.32. The second kappa shape index (κ2) is 11.2. The number of rotatable bonds is 13. The minimum Gasteiger partial charge on any atom is -0.457 e. The first-order valence-corrected chi connectivity index (χ1v) is 10.4. The largest absolute Gasteiger partial charge is 0.457 e. The van der Waals surface area contributed by atoms with E-state index >= 15 is 0 Å². The first-order valence-electron chi connectivity index (χ1n) is 10.4. The lowest BCUT2D eigenvalue weighted by molar-refractivity contribution is 0.0934. The van der Waals surface area contributed by atoms with Gasteiger partial charge in [-0.2, -0.15) is 0 Å². The predicted octanol–water partition coefficient (Wildman–Crippen LogP) is 3.31. The van der Waals surface area contributed by atoms with Crippen molar-refractivity contribution in [3.05, 3.63) is 58.7 Å². The number of fused-ring (bicyclic) bond motifs is 1. The SMILES string of the molecule is COCCN(CCOC)Cc1ccc(C(=O)CCc2c(C(N)=O)oc3c(F)cc(F)cc23)o1. The molecule has 1 amide bonds. The molecule has 8 nitrogen and oxygen atoms in total. The molecular weight excluding hydrogens is 438 g/mol. The Labute approximate surface area is 189 Å². The molecule has 0 bridgehead atoms. The number of carbonyl (C=O) groups excluding carboxylic acids is 2. The molecule has 2 heterocycles. The number of primary amides is 1. The second-order valence-corrected chi connectivity index (χ2v) is 7.49. The molecule has 0 saturated heterocycles. The fraction of sp³-hybridized carbons (Fsp3) is 0.391. The lowest BCUT2D eigenvalue weighted by Gasteiger charge is -2.20. The van der Waals surface area contributed by atoms with E-state index in [1.165, 1.54) is 0 Å². The van der Waals surface area contributed by atoms with Gasteiger partial charge < -0.3 is 24.0 Å². The molecule has 1 aromatic carbocycles. The van der Waals surface area contributed by atoms with Gasteiger partial charge in [0.05, 0.1) is 19.8 Å². The third-order valence-electron chi connectivity index (χ3n) is 5.18. The molecule has 0 aliphatic carbocycles. The number of methoxy groups -OCH3 is 2. The predicted molar refractivity (Wildman–Crippen MR) is 115 cm³/mol. The first-order chi connectivity index (χ1) is 15.8. The summed E-state index contributed by atoms with van der Waals surface area (Å²) in [5.74, 6) is -2.59. The van der Waals surface area contributed by atoms with Crippen LogP contribution in [0.3, 0.4) is 0 Å². The van der Waals surface area contributed by atoms with Crippen LogP contribution in [0.2, 0.25) is 0 Å². The third-order valence-corrected chi connectivity index (χ3v) is 5.18. The van der Waals surface area contributed by atoms with E-state index in [9.17, 15) is 18.4 Å². The fourth-order valence-corrected chi connectivity index (χ4v) is 3.53. The Morgan fingerprint density at radius 1 is 1.06 bits per heavy atom. The van der Waals surface area contributed by atoms with Gasteiger partial charge in [0.1, 0.15) is 11.6 Å². The number of ether oxygens (including phenoxy) is 2. The monoisotopic (exact) mass is 464 g/mol. The Bertz CT molecular complexity index is 1120. The van der Waals surface area contributed by atoms with Crippen LogP contribution in [0.25, 0.3) is 11.0 Å². The lowest BCUT2D eigenvalue weighted by Crippen LogP contribution is -2.30. The number of ketones is 1. The van der Waals surface area contributed by atoms with E-state index < -0.39 is 17.5 Å². The van der Waals surface area contributed by atoms with Gasteiger partial charge in [-0.25, -0.2) is 8.78 Å². The summed E-state index contributed by atoms with van der Waals surface area (Å²) >= 11 is 0. The minimum atomic E-state index is -0.952. The van der Waals surface area contributed by atoms with Crippen molar-refractivity contribution in [1.82, 2.24) is 4.90 Å². The normalized spacial score (nSPS) is 11.5. The lowest BCUT2D eigenvalue weighted by atomic mass is 10.0. The van der Waals surface area contributed by atoms with E-state index in [0.29, 0.717) is 44.7 Å². The Balaban J connectivity index is 1.72. The van der Waals surface area contributed by atoms with Gasteiger partial charge in [0.15, 0.2) is 28.7 Å². The number of furan rings is 2. The van der Waals surface area contributed by atoms with Crippen molar-refractivity contribution in [2.45, 2.75) is 19.4 Å². The van der Waals surface area contributed by atoms with Crippen molar-refractivity contribution in [2.24, 2.45) is 5.73 Å². The van der Waals surface area contributed by atoms with Crippen molar-refractivity contribution in [1.29, 1.82) is 0 Å². The number of carbonyl (C=O) groups is 2. The van der Waals surface area contributed by atoms with E-state index in [1.54, 1.807) is 26.4 Å². The molecule has 2 N–H and O–H groups in total. The molecule has 33 heavy (non-hydrogen) atoms.